The molecule has 138 valence electrons. The molecule has 27 heavy (non-hydrogen) atoms. The number of aromatic hydroxyl groups is 1. The highest BCUT2D eigenvalue weighted by Gasteiger charge is 2.13. The van der Waals surface area contributed by atoms with Gasteiger partial charge in [0, 0.05) is 0 Å². The molecule has 0 aromatic heterocycles. The highest BCUT2D eigenvalue weighted by atomic mass is 16.5. The van der Waals surface area contributed by atoms with Gasteiger partial charge in [-0.1, -0.05) is 69.3 Å². The molecule has 0 amide bonds. The van der Waals surface area contributed by atoms with Crippen LogP contribution < -0.4 is 0 Å². The summed E-state index contributed by atoms with van der Waals surface area (Å²) < 4.78 is 5.43. The quantitative estimate of drug-likeness (QED) is 0.606. The minimum absolute atomic E-state index is 0.106. The fourth-order valence-corrected chi connectivity index (χ4v) is 2.79. The standard InChI is InChI=1S/C24H24O3/c1-24(2,3)21-12-4-17(5-13-21)16-27-23(26)20-8-6-18(7-9-20)19-10-14-22(25)15-11-19/h4-15,25H,16H2,1-3H3. The first-order valence-corrected chi connectivity index (χ1v) is 8.99. The van der Waals surface area contributed by atoms with Gasteiger partial charge in [-0.05, 0) is 51.9 Å². The predicted octanol–water partition coefficient (Wildman–Crippen LogP) is 5.71. The normalized spacial score (nSPS) is 11.2. The first-order chi connectivity index (χ1) is 12.8. The van der Waals surface area contributed by atoms with Crippen molar-refractivity contribution in [1.29, 1.82) is 0 Å². The molecule has 0 atom stereocenters. The Morgan fingerprint density at radius 2 is 1.33 bits per heavy atom. The molecule has 3 aromatic carbocycles. The molecule has 0 bridgehead atoms. The molecule has 3 nitrogen and oxygen atoms in total. The van der Waals surface area contributed by atoms with Crippen molar-refractivity contribution in [3.05, 3.63) is 89.5 Å². The van der Waals surface area contributed by atoms with E-state index in [0.717, 1.165) is 16.7 Å². The Balaban J connectivity index is 1.62. The number of carbonyl (C=O) groups excluding carboxylic acids is 1. The van der Waals surface area contributed by atoms with Gasteiger partial charge in [-0.15, -0.1) is 0 Å². The predicted molar refractivity (Wildman–Crippen MR) is 108 cm³/mol. The molecule has 0 aliphatic heterocycles. The van der Waals surface area contributed by atoms with E-state index in [2.05, 4.69) is 32.9 Å². The molecule has 3 rings (SSSR count). The fourth-order valence-electron chi connectivity index (χ4n) is 2.79. The van der Waals surface area contributed by atoms with Crippen LogP contribution in [0.3, 0.4) is 0 Å². The van der Waals surface area contributed by atoms with Gasteiger partial charge in [-0.2, -0.15) is 0 Å². The number of rotatable bonds is 4. The highest BCUT2D eigenvalue weighted by Crippen LogP contribution is 2.24. The van der Waals surface area contributed by atoms with Gasteiger partial charge in [0.05, 0.1) is 5.56 Å². The van der Waals surface area contributed by atoms with E-state index < -0.39 is 0 Å². The maximum Gasteiger partial charge on any atom is 0.338 e. The Morgan fingerprint density at radius 1 is 0.815 bits per heavy atom. The lowest BCUT2D eigenvalue weighted by Gasteiger charge is -2.19. The summed E-state index contributed by atoms with van der Waals surface area (Å²) in [5.74, 6) is -0.110. The summed E-state index contributed by atoms with van der Waals surface area (Å²) in [5.41, 5.74) is 4.80. The van der Waals surface area contributed by atoms with Gasteiger partial charge in [0.25, 0.3) is 0 Å². The number of benzene rings is 3. The van der Waals surface area contributed by atoms with Crippen molar-refractivity contribution >= 4 is 5.97 Å². The van der Waals surface area contributed by atoms with Crippen LogP contribution in [0.25, 0.3) is 11.1 Å². The number of hydrogen-bond acceptors (Lipinski definition) is 3. The van der Waals surface area contributed by atoms with Crippen molar-refractivity contribution in [2.75, 3.05) is 0 Å². The molecule has 0 heterocycles. The number of phenolic OH excluding ortho intramolecular Hbond substituents is 1. The maximum absolute atomic E-state index is 12.3. The monoisotopic (exact) mass is 360 g/mol. The third-order valence-electron chi connectivity index (χ3n) is 4.51. The van der Waals surface area contributed by atoms with E-state index in [4.69, 9.17) is 4.74 Å². The molecule has 0 fully saturated rings. The molecule has 0 saturated heterocycles. The van der Waals surface area contributed by atoms with Crippen molar-refractivity contribution in [3.63, 3.8) is 0 Å². The van der Waals surface area contributed by atoms with Crippen LogP contribution in [0.5, 0.6) is 5.75 Å². The second-order valence-electron chi connectivity index (χ2n) is 7.65. The second-order valence-corrected chi connectivity index (χ2v) is 7.65. The Labute approximate surface area is 160 Å². The molecule has 0 aliphatic rings. The van der Waals surface area contributed by atoms with Gasteiger partial charge in [-0.3, -0.25) is 0 Å². The topological polar surface area (TPSA) is 46.5 Å². The third-order valence-corrected chi connectivity index (χ3v) is 4.51. The van der Waals surface area contributed by atoms with E-state index in [1.54, 1.807) is 24.3 Å². The molecule has 3 aromatic rings. The average molecular weight is 360 g/mol. The van der Waals surface area contributed by atoms with Crippen LogP contribution in [-0.4, -0.2) is 11.1 Å². The van der Waals surface area contributed by atoms with Gasteiger partial charge in [0.2, 0.25) is 0 Å². The van der Waals surface area contributed by atoms with Crippen LogP contribution in [0, 0.1) is 0 Å². The first kappa shape index (κ1) is 18.7. The summed E-state index contributed by atoms with van der Waals surface area (Å²) >= 11 is 0. The van der Waals surface area contributed by atoms with E-state index in [1.165, 1.54) is 5.56 Å². The largest absolute Gasteiger partial charge is 0.508 e. The molecular formula is C24H24O3. The van der Waals surface area contributed by atoms with Crippen molar-refractivity contribution in [3.8, 4) is 16.9 Å². The lowest BCUT2D eigenvalue weighted by Crippen LogP contribution is -2.11. The smallest absolute Gasteiger partial charge is 0.338 e. The van der Waals surface area contributed by atoms with Gasteiger partial charge >= 0.3 is 5.97 Å². The molecule has 0 radical (unpaired) electrons. The maximum atomic E-state index is 12.3. The number of esters is 1. The Kier molecular flexibility index (Phi) is 5.31. The van der Waals surface area contributed by atoms with Crippen LogP contribution >= 0.6 is 0 Å². The Hall–Kier alpha value is -3.07. The SMILES string of the molecule is CC(C)(C)c1ccc(COC(=O)c2ccc(-c3ccc(O)cc3)cc2)cc1. The van der Waals surface area contributed by atoms with Crippen LogP contribution in [0.2, 0.25) is 0 Å². The third kappa shape index (κ3) is 4.76. The molecular weight excluding hydrogens is 336 g/mol. The Bertz CT molecular complexity index is 900. The van der Waals surface area contributed by atoms with Crippen molar-refractivity contribution in [2.45, 2.75) is 32.8 Å². The summed E-state index contributed by atoms with van der Waals surface area (Å²) in [7, 11) is 0. The summed E-state index contributed by atoms with van der Waals surface area (Å²) in [6, 6.07) is 22.4. The van der Waals surface area contributed by atoms with Crippen molar-refractivity contribution in [2.24, 2.45) is 0 Å². The molecule has 0 spiro atoms. The van der Waals surface area contributed by atoms with Crippen LogP contribution in [0.4, 0.5) is 0 Å². The minimum atomic E-state index is -0.341. The number of hydrogen-bond donors (Lipinski definition) is 1. The average Bonchev–Trinajstić information content (AvgIpc) is 2.66. The fraction of sp³-hybridized carbons (Fsp3) is 0.208. The number of ether oxygens (including phenoxy) is 1. The van der Waals surface area contributed by atoms with Gasteiger partial charge < -0.3 is 9.84 Å². The second kappa shape index (κ2) is 7.67. The molecule has 0 unspecified atom stereocenters. The van der Waals surface area contributed by atoms with Crippen molar-refractivity contribution < 1.29 is 14.6 Å². The van der Waals surface area contributed by atoms with Crippen molar-refractivity contribution in [1.82, 2.24) is 0 Å². The minimum Gasteiger partial charge on any atom is -0.508 e. The highest BCUT2D eigenvalue weighted by molar-refractivity contribution is 5.90. The zero-order valence-electron chi connectivity index (χ0n) is 15.9. The Morgan fingerprint density at radius 3 is 1.85 bits per heavy atom. The zero-order chi connectivity index (χ0) is 19.4. The zero-order valence-corrected chi connectivity index (χ0v) is 15.9. The summed E-state index contributed by atoms with van der Waals surface area (Å²) in [5, 5.41) is 9.37. The first-order valence-electron chi connectivity index (χ1n) is 8.99. The number of carbonyl (C=O) groups is 1. The molecule has 3 heteroatoms. The van der Waals surface area contributed by atoms with Crippen LogP contribution in [-0.2, 0) is 16.8 Å². The summed E-state index contributed by atoms with van der Waals surface area (Å²) in [6.45, 7) is 6.76. The van der Waals surface area contributed by atoms with Gasteiger partial charge in [0.1, 0.15) is 12.4 Å². The van der Waals surface area contributed by atoms with E-state index in [1.807, 2.05) is 36.4 Å². The molecule has 0 saturated carbocycles. The van der Waals surface area contributed by atoms with Gasteiger partial charge in [0.15, 0.2) is 0 Å². The van der Waals surface area contributed by atoms with E-state index in [9.17, 15) is 9.90 Å². The van der Waals surface area contributed by atoms with E-state index in [0.29, 0.717) is 5.56 Å². The number of phenols is 1. The van der Waals surface area contributed by atoms with E-state index >= 15 is 0 Å². The van der Waals surface area contributed by atoms with Crippen LogP contribution in [0.1, 0.15) is 42.3 Å². The van der Waals surface area contributed by atoms with Gasteiger partial charge in [-0.25, -0.2) is 4.79 Å². The van der Waals surface area contributed by atoms with Crippen LogP contribution in [0.15, 0.2) is 72.8 Å². The molecule has 0 aliphatic carbocycles. The lowest BCUT2D eigenvalue weighted by molar-refractivity contribution is 0.0472. The van der Waals surface area contributed by atoms with E-state index in [-0.39, 0.29) is 23.7 Å². The molecule has 1 N–H and O–H groups in total. The summed E-state index contributed by atoms with van der Waals surface area (Å²) in [6.07, 6.45) is 0. The lowest BCUT2D eigenvalue weighted by atomic mass is 9.87. The summed E-state index contributed by atoms with van der Waals surface area (Å²) in [4.78, 5) is 12.3.